The highest BCUT2D eigenvalue weighted by molar-refractivity contribution is 6.30. The van der Waals surface area contributed by atoms with Crippen molar-refractivity contribution in [1.29, 1.82) is 0 Å². The first kappa shape index (κ1) is 8.57. The third kappa shape index (κ3) is 2.21. The third-order valence-electron chi connectivity index (χ3n) is 1.59. The van der Waals surface area contributed by atoms with Crippen LogP contribution in [0.25, 0.3) is 0 Å². The lowest BCUT2D eigenvalue weighted by Crippen LogP contribution is -2.04. The van der Waals surface area contributed by atoms with Crippen LogP contribution in [0, 0.1) is 6.92 Å². The van der Waals surface area contributed by atoms with Gasteiger partial charge in [0.25, 0.3) is 0 Å². The lowest BCUT2D eigenvalue weighted by molar-refractivity contribution is 0.817. The van der Waals surface area contributed by atoms with Crippen molar-refractivity contribution in [1.82, 2.24) is 0 Å². The molecule has 0 saturated heterocycles. The highest BCUT2D eigenvalue weighted by Gasteiger charge is 2.00. The second kappa shape index (κ2) is 3.24. The molecule has 1 atom stereocenters. The summed E-state index contributed by atoms with van der Waals surface area (Å²) in [6.07, 6.45) is 0. The van der Waals surface area contributed by atoms with Gasteiger partial charge in [-0.3, -0.25) is 0 Å². The highest BCUT2D eigenvalue weighted by atomic mass is 35.5. The van der Waals surface area contributed by atoms with E-state index >= 15 is 0 Å². The molecule has 0 bridgehead atoms. The maximum atomic E-state index is 5.84. The number of halogens is 1. The zero-order valence-corrected chi connectivity index (χ0v) is 7.52. The van der Waals surface area contributed by atoms with E-state index in [0.29, 0.717) is 0 Å². The molecule has 11 heavy (non-hydrogen) atoms. The van der Waals surface area contributed by atoms with Gasteiger partial charge < -0.3 is 5.73 Å². The monoisotopic (exact) mass is 169 g/mol. The van der Waals surface area contributed by atoms with E-state index in [0.717, 1.165) is 16.1 Å². The van der Waals surface area contributed by atoms with E-state index in [9.17, 15) is 0 Å². The van der Waals surface area contributed by atoms with Gasteiger partial charge in [0.2, 0.25) is 0 Å². The first-order chi connectivity index (χ1) is 5.09. The van der Waals surface area contributed by atoms with Gasteiger partial charge in [0.1, 0.15) is 0 Å². The molecule has 0 spiro atoms. The summed E-state index contributed by atoms with van der Waals surface area (Å²) in [5, 5.41) is 0.761. The average molecular weight is 170 g/mol. The molecule has 0 radical (unpaired) electrons. The Bertz CT molecular complexity index is 235. The van der Waals surface area contributed by atoms with E-state index in [1.54, 1.807) is 0 Å². The van der Waals surface area contributed by atoms with E-state index in [-0.39, 0.29) is 6.04 Å². The molecule has 0 aromatic heterocycles. The lowest BCUT2D eigenvalue weighted by atomic mass is 10.1. The van der Waals surface area contributed by atoms with E-state index < -0.39 is 0 Å². The minimum atomic E-state index is 0.0624. The molecule has 1 nitrogen and oxygen atoms in total. The predicted octanol–water partition coefficient (Wildman–Crippen LogP) is 2.67. The van der Waals surface area contributed by atoms with Crippen molar-refractivity contribution in [3.8, 4) is 0 Å². The summed E-state index contributed by atoms with van der Waals surface area (Å²) in [6.45, 7) is 3.96. The number of hydrogen-bond donors (Lipinski definition) is 1. The second-order valence-electron chi connectivity index (χ2n) is 2.85. The van der Waals surface area contributed by atoms with E-state index in [1.807, 2.05) is 26.0 Å². The molecule has 0 fully saturated rings. The van der Waals surface area contributed by atoms with Crippen LogP contribution in [0.3, 0.4) is 0 Å². The number of nitrogens with two attached hydrogens (primary N) is 1. The Hall–Kier alpha value is -0.530. The van der Waals surface area contributed by atoms with Gasteiger partial charge in [0.15, 0.2) is 0 Å². The van der Waals surface area contributed by atoms with Gasteiger partial charge in [0.05, 0.1) is 0 Å². The molecule has 0 aliphatic carbocycles. The van der Waals surface area contributed by atoms with Crippen LogP contribution in [0.15, 0.2) is 18.2 Å². The molecule has 1 rings (SSSR count). The molecule has 60 valence electrons. The fourth-order valence-electron chi connectivity index (χ4n) is 1.03. The Labute approximate surface area is 72.2 Å². The molecule has 1 aromatic carbocycles. The Balaban J connectivity index is 3.08. The molecule has 0 amide bonds. The van der Waals surface area contributed by atoms with E-state index in [1.165, 1.54) is 0 Å². The average Bonchev–Trinajstić information content (AvgIpc) is 1.85. The van der Waals surface area contributed by atoms with Gasteiger partial charge in [-0.05, 0) is 37.1 Å². The molecule has 2 N–H and O–H groups in total. The van der Waals surface area contributed by atoms with Gasteiger partial charge >= 0.3 is 0 Å². The summed E-state index contributed by atoms with van der Waals surface area (Å²) < 4.78 is 0. The molecule has 0 aliphatic heterocycles. The Morgan fingerprint density at radius 2 is 2.00 bits per heavy atom. The molecule has 0 heterocycles. The largest absolute Gasteiger partial charge is 0.324 e. The number of hydrogen-bond acceptors (Lipinski definition) is 1. The topological polar surface area (TPSA) is 26.0 Å². The van der Waals surface area contributed by atoms with Crippen molar-refractivity contribution in [2.45, 2.75) is 19.9 Å². The number of aryl methyl sites for hydroxylation is 1. The van der Waals surface area contributed by atoms with E-state index in [2.05, 4.69) is 6.07 Å². The summed E-state index contributed by atoms with van der Waals surface area (Å²) in [6, 6.07) is 5.94. The molecule has 0 saturated carbocycles. The highest BCUT2D eigenvalue weighted by Crippen LogP contribution is 2.18. The fraction of sp³-hybridized carbons (Fsp3) is 0.333. The normalized spacial score (nSPS) is 13.1. The molecular formula is C9H12ClN. The van der Waals surface area contributed by atoms with Crippen LogP contribution in [0.5, 0.6) is 0 Å². The third-order valence-corrected chi connectivity index (χ3v) is 1.81. The van der Waals surface area contributed by atoms with Crippen LogP contribution in [-0.4, -0.2) is 0 Å². The van der Waals surface area contributed by atoms with Crippen LogP contribution in [0.2, 0.25) is 5.02 Å². The summed E-state index contributed by atoms with van der Waals surface area (Å²) in [7, 11) is 0. The molecule has 0 aliphatic rings. The van der Waals surface area contributed by atoms with Crippen molar-refractivity contribution >= 4 is 11.6 Å². The standard InChI is InChI=1S/C9H12ClN/c1-6-3-8(7(2)11)5-9(10)4-6/h3-5,7H,11H2,1-2H3. The number of rotatable bonds is 1. The van der Waals surface area contributed by atoms with Crippen molar-refractivity contribution in [2.24, 2.45) is 5.73 Å². The van der Waals surface area contributed by atoms with Crippen molar-refractivity contribution in [3.05, 3.63) is 34.3 Å². The smallest absolute Gasteiger partial charge is 0.0411 e. The summed E-state index contributed by atoms with van der Waals surface area (Å²) >= 11 is 5.84. The molecular weight excluding hydrogens is 158 g/mol. The van der Waals surface area contributed by atoms with Gasteiger partial charge in [0, 0.05) is 11.1 Å². The fourth-order valence-corrected chi connectivity index (χ4v) is 1.33. The summed E-state index contributed by atoms with van der Waals surface area (Å²) in [4.78, 5) is 0. The maximum Gasteiger partial charge on any atom is 0.0411 e. The quantitative estimate of drug-likeness (QED) is 0.688. The number of benzene rings is 1. The molecule has 1 aromatic rings. The van der Waals surface area contributed by atoms with Crippen LogP contribution < -0.4 is 5.73 Å². The Morgan fingerprint density at radius 3 is 2.45 bits per heavy atom. The molecule has 1 unspecified atom stereocenters. The lowest BCUT2D eigenvalue weighted by Gasteiger charge is -2.06. The van der Waals surface area contributed by atoms with Gasteiger partial charge in [-0.2, -0.15) is 0 Å². The molecule has 2 heteroatoms. The minimum Gasteiger partial charge on any atom is -0.324 e. The first-order valence-electron chi connectivity index (χ1n) is 3.62. The summed E-state index contributed by atoms with van der Waals surface area (Å²) in [5.74, 6) is 0. The second-order valence-corrected chi connectivity index (χ2v) is 3.29. The van der Waals surface area contributed by atoms with Crippen LogP contribution in [-0.2, 0) is 0 Å². The summed E-state index contributed by atoms with van der Waals surface area (Å²) in [5.41, 5.74) is 7.94. The van der Waals surface area contributed by atoms with Crippen molar-refractivity contribution in [2.75, 3.05) is 0 Å². The maximum absolute atomic E-state index is 5.84. The predicted molar refractivity (Wildman–Crippen MR) is 48.8 cm³/mol. The Kier molecular flexibility index (Phi) is 2.53. The zero-order chi connectivity index (χ0) is 8.43. The Morgan fingerprint density at radius 1 is 1.36 bits per heavy atom. The SMILES string of the molecule is Cc1cc(Cl)cc(C(C)N)c1. The van der Waals surface area contributed by atoms with Crippen LogP contribution in [0.1, 0.15) is 24.1 Å². The van der Waals surface area contributed by atoms with Crippen molar-refractivity contribution in [3.63, 3.8) is 0 Å². The van der Waals surface area contributed by atoms with Crippen LogP contribution >= 0.6 is 11.6 Å². The van der Waals surface area contributed by atoms with E-state index in [4.69, 9.17) is 17.3 Å². The zero-order valence-electron chi connectivity index (χ0n) is 6.76. The van der Waals surface area contributed by atoms with Gasteiger partial charge in [-0.15, -0.1) is 0 Å². The van der Waals surface area contributed by atoms with Crippen molar-refractivity contribution < 1.29 is 0 Å². The minimum absolute atomic E-state index is 0.0624. The van der Waals surface area contributed by atoms with Gasteiger partial charge in [-0.1, -0.05) is 17.7 Å². The first-order valence-corrected chi connectivity index (χ1v) is 4.00. The van der Waals surface area contributed by atoms with Gasteiger partial charge in [-0.25, -0.2) is 0 Å². The van der Waals surface area contributed by atoms with Crippen LogP contribution in [0.4, 0.5) is 0 Å².